The molecule has 2 heterocycles. The molecule has 0 radical (unpaired) electrons. The predicted octanol–water partition coefficient (Wildman–Crippen LogP) is 0.193. The summed E-state index contributed by atoms with van der Waals surface area (Å²) in [6.07, 6.45) is -1.91. The van der Waals surface area contributed by atoms with Crippen molar-refractivity contribution in [1.29, 1.82) is 0 Å². The van der Waals surface area contributed by atoms with E-state index in [0.29, 0.717) is 0 Å². The molecule has 1 aromatic carbocycles. The van der Waals surface area contributed by atoms with E-state index in [-0.39, 0.29) is 11.1 Å². The molecule has 10 heteroatoms. The fourth-order valence-electron chi connectivity index (χ4n) is 1.39. The van der Waals surface area contributed by atoms with Crippen LogP contribution in [0.25, 0.3) is 0 Å². The molecular weight excluding hydrogens is 306 g/mol. The molecule has 0 saturated carbocycles. The molecule has 0 unspecified atom stereocenters. The topological polar surface area (TPSA) is 119 Å². The van der Waals surface area contributed by atoms with Gasteiger partial charge < -0.3 is 21.4 Å². The van der Waals surface area contributed by atoms with Gasteiger partial charge in [-0.3, -0.25) is 4.57 Å². The molecule has 0 fully saturated rings. The number of fused-ring (bicyclic) bond motifs is 6. The average Bonchev–Trinajstić information content (AvgIpc) is 2.54. The Morgan fingerprint density at radius 3 is 1.75 bits per heavy atom. The first kappa shape index (κ1) is 15.2. The van der Waals surface area contributed by atoms with Gasteiger partial charge in [0.1, 0.15) is 12.7 Å². The van der Waals surface area contributed by atoms with Gasteiger partial charge in [-0.25, -0.2) is 9.59 Å². The fourth-order valence-corrected chi connectivity index (χ4v) is 4.28. The smallest absolute Gasteiger partial charge is 0.558 e. The Morgan fingerprint density at radius 2 is 1.40 bits per heavy atom. The highest BCUT2D eigenvalue weighted by Crippen LogP contribution is 2.45. The van der Waals surface area contributed by atoms with E-state index in [1.54, 1.807) is 0 Å². The highest BCUT2D eigenvalue weighted by Gasteiger charge is 2.49. The minimum atomic E-state index is -3.81. The molecule has 2 aliphatic rings. The van der Waals surface area contributed by atoms with E-state index >= 15 is 0 Å². The molecule has 0 saturated heterocycles. The van der Waals surface area contributed by atoms with Crippen molar-refractivity contribution >= 4 is 34.5 Å². The van der Waals surface area contributed by atoms with E-state index in [2.05, 4.69) is 0 Å². The Bertz CT molecular complexity index is 526. The van der Waals surface area contributed by atoms with E-state index in [4.69, 9.17) is 21.4 Å². The maximum Gasteiger partial charge on any atom is 1.11 e. The number of aliphatic hydroxyl groups excluding tert-OH is 2. The Balaban J connectivity index is 2.25. The lowest BCUT2D eigenvalue weighted by Gasteiger charge is -2.17. The van der Waals surface area contributed by atoms with Crippen LogP contribution in [-0.4, -0.2) is 50.0 Å². The van der Waals surface area contributed by atoms with E-state index in [1.165, 1.54) is 24.3 Å². The lowest BCUT2D eigenvalue weighted by atomic mass is 10.1. The van der Waals surface area contributed by atoms with Crippen molar-refractivity contribution in [3.63, 3.8) is 0 Å². The van der Waals surface area contributed by atoms with Gasteiger partial charge >= 0.3 is 27.1 Å². The van der Waals surface area contributed by atoms with Crippen LogP contribution < -0.4 is 0 Å². The molecule has 3 rings (SSSR count). The third kappa shape index (κ3) is 3.27. The Morgan fingerprint density at radius 1 is 1.00 bits per heavy atom. The second kappa shape index (κ2) is 6.06. The summed E-state index contributed by atoms with van der Waals surface area (Å²) in [4.78, 5) is 23.5. The summed E-state index contributed by atoms with van der Waals surface area (Å²) in [5.74, 6) is -1.60. The number of hydrogen-bond acceptors (Lipinski definition) is 8. The van der Waals surface area contributed by atoms with Gasteiger partial charge in [0, 0.05) is 0 Å². The van der Waals surface area contributed by atoms with Gasteiger partial charge in [-0.05, 0) is 24.3 Å². The Kier molecular flexibility index (Phi) is 4.60. The van der Waals surface area contributed by atoms with Crippen molar-refractivity contribution in [1.82, 2.24) is 0 Å². The molecular formula is C10H10AlO8P. The molecule has 106 valence electrons. The second-order valence-electron chi connectivity index (χ2n) is 3.88. The molecule has 2 bridgehead atoms. The molecule has 0 aromatic heterocycles. The summed E-state index contributed by atoms with van der Waals surface area (Å²) < 4.78 is 26.4. The maximum atomic E-state index is 11.8. The first-order chi connectivity index (χ1) is 9.47. The van der Waals surface area contributed by atoms with E-state index < -0.39 is 47.2 Å². The van der Waals surface area contributed by atoms with E-state index in [9.17, 15) is 14.2 Å². The number of aliphatic hydroxyl groups is 2. The Hall–Kier alpha value is -1.20. The first-order valence-corrected chi connectivity index (χ1v) is 8.88. The molecule has 20 heavy (non-hydrogen) atoms. The van der Waals surface area contributed by atoms with Crippen LogP contribution in [0.1, 0.15) is 20.7 Å². The van der Waals surface area contributed by atoms with Gasteiger partial charge in [-0.2, -0.15) is 0 Å². The van der Waals surface area contributed by atoms with Gasteiger partial charge in [-0.15, -0.1) is 0 Å². The van der Waals surface area contributed by atoms with Crippen LogP contribution in [0.5, 0.6) is 0 Å². The third-order valence-corrected chi connectivity index (χ3v) is 6.37. The van der Waals surface area contributed by atoms with Crippen LogP contribution in [0.4, 0.5) is 0 Å². The molecule has 0 aliphatic carbocycles. The monoisotopic (exact) mass is 316 g/mol. The number of carbonyl (C=O) groups excluding carboxylic acids is 2. The van der Waals surface area contributed by atoms with Gasteiger partial charge in [0.05, 0.1) is 11.1 Å². The summed E-state index contributed by atoms with van der Waals surface area (Å²) in [6, 6.07) is 5.53. The fraction of sp³-hybridized carbons (Fsp3) is 0.200. The van der Waals surface area contributed by atoms with Crippen molar-refractivity contribution in [3.05, 3.63) is 35.4 Å². The minimum Gasteiger partial charge on any atom is -0.558 e. The average molecular weight is 316 g/mol. The van der Waals surface area contributed by atoms with Gasteiger partial charge in [-0.1, -0.05) is 0 Å². The van der Waals surface area contributed by atoms with Gasteiger partial charge in [0.25, 0.3) is 0 Å². The number of hydrogen-bond donors (Lipinski definition) is 2. The third-order valence-electron chi connectivity index (χ3n) is 2.47. The SMILES string of the molecule is O=C1[O][Al]([O]P(=O)(CO)CO)[O]C(=O)c2ccc1cc2. The summed E-state index contributed by atoms with van der Waals surface area (Å²) in [7, 11) is -3.81. The standard InChI is InChI=1S/C8H6O4.C2H7O4P.Al/c9-7(10)5-1-2-6(4-3-5)8(11)12;3-1-7(5,6)2-4;/h1-4H,(H,9,10)(H,11,12);3-4H,1-2H2,(H,5,6);/q;;+3/p-3. The number of benzene rings is 1. The van der Waals surface area contributed by atoms with Crippen LogP contribution in [0.15, 0.2) is 24.3 Å². The highest BCUT2D eigenvalue weighted by molar-refractivity contribution is 7.59. The zero-order chi connectivity index (χ0) is 14.8. The highest BCUT2D eigenvalue weighted by atomic mass is 31.2. The normalized spacial score (nSPS) is 15.2. The van der Waals surface area contributed by atoms with Crippen molar-refractivity contribution in [2.24, 2.45) is 0 Å². The molecule has 8 nitrogen and oxygen atoms in total. The largest absolute Gasteiger partial charge is 1.11 e. The Labute approximate surface area is 118 Å². The zero-order valence-corrected chi connectivity index (χ0v) is 12.1. The molecule has 2 aliphatic heterocycles. The minimum absolute atomic E-state index is 0.177. The maximum absolute atomic E-state index is 11.8. The predicted molar refractivity (Wildman–Crippen MR) is 65.9 cm³/mol. The first-order valence-electron chi connectivity index (χ1n) is 5.48. The molecule has 0 spiro atoms. The lowest BCUT2D eigenvalue weighted by molar-refractivity contribution is 0.0532. The van der Waals surface area contributed by atoms with Gasteiger partial charge in [0.15, 0.2) is 0 Å². The van der Waals surface area contributed by atoms with Crippen LogP contribution in [0.2, 0.25) is 0 Å². The van der Waals surface area contributed by atoms with Crippen molar-refractivity contribution in [2.75, 3.05) is 12.7 Å². The lowest BCUT2D eigenvalue weighted by Crippen LogP contribution is -2.31. The molecule has 1 aromatic rings. The number of rotatable bonds is 4. The second-order valence-corrected chi connectivity index (χ2v) is 7.97. The summed E-state index contributed by atoms with van der Waals surface area (Å²) in [5.41, 5.74) is 0.354. The van der Waals surface area contributed by atoms with Gasteiger partial charge in [0.2, 0.25) is 7.37 Å². The summed E-state index contributed by atoms with van der Waals surface area (Å²) in [6.45, 7) is 0. The van der Waals surface area contributed by atoms with Crippen LogP contribution in [-0.2, 0) is 15.7 Å². The summed E-state index contributed by atoms with van der Waals surface area (Å²) in [5, 5.41) is 17.8. The molecule has 0 atom stereocenters. The number of carbonyl (C=O) groups is 2. The zero-order valence-electron chi connectivity index (χ0n) is 10.1. The van der Waals surface area contributed by atoms with E-state index in [0.717, 1.165) is 0 Å². The van der Waals surface area contributed by atoms with Crippen LogP contribution in [0.3, 0.4) is 0 Å². The molecule has 0 amide bonds. The molecule has 2 N–H and O–H groups in total. The summed E-state index contributed by atoms with van der Waals surface area (Å²) >= 11 is -3.45. The van der Waals surface area contributed by atoms with Crippen molar-refractivity contribution < 1.29 is 35.5 Å². The van der Waals surface area contributed by atoms with Crippen LogP contribution in [0, 0.1) is 0 Å². The quantitative estimate of drug-likeness (QED) is 0.597. The van der Waals surface area contributed by atoms with E-state index in [1.807, 2.05) is 0 Å². The van der Waals surface area contributed by atoms with Crippen LogP contribution >= 0.6 is 7.37 Å². The van der Waals surface area contributed by atoms with Crippen molar-refractivity contribution in [3.8, 4) is 0 Å². The van der Waals surface area contributed by atoms with Crippen molar-refractivity contribution in [2.45, 2.75) is 0 Å².